The molecule has 0 aromatic carbocycles. The van der Waals surface area contributed by atoms with E-state index in [4.69, 9.17) is 0 Å². The Bertz CT molecular complexity index is 108. The van der Waals surface area contributed by atoms with Gasteiger partial charge in [-0.1, -0.05) is 52.4 Å². The van der Waals surface area contributed by atoms with Crippen molar-refractivity contribution in [2.45, 2.75) is 65.2 Å². The lowest BCUT2D eigenvalue weighted by atomic mass is 10.0. The summed E-state index contributed by atoms with van der Waals surface area (Å²) in [7, 11) is 0. The molecule has 0 aliphatic carbocycles. The zero-order valence-electron chi connectivity index (χ0n) is 9.22. The standard InChI is InChI=1S/C12H24O/c1-12(2)10-8-6-4-3-5-7-9-11-13/h11-12H,3-10H2,1-2H3. The van der Waals surface area contributed by atoms with Crippen molar-refractivity contribution < 1.29 is 4.79 Å². The normalized spacial score (nSPS) is 10.7. The second-order valence-corrected chi connectivity index (χ2v) is 4.26. The average Bonchev–Trinajstić information content (AvgIpc) is 2.09. The van der Waals surface area contributed by atoms with Crippen molar-refractivity contribution >= 4 is 6.29 Å². The summed E-state index contributed by atoms with van der Waals surface area (Å²) in [6, 6.07) is 0. The van der Waals surface area contributed by atoms with Gasteiger partial charge in [-0.05, 0) is 12.3 Å². The number of hydrogen-bond acceptors (Lipinski definition) is 1. The number of aldehydes is 1. The van der Waals surface area contributed by atoms with Gasteiger partial charge in [0.1, 0.15) is 6.29 Å². The Morgan fingerprint density at radius 1 is 0.923 bits per heavy atom. The predicted octanol–water partition coefficient (Wildman–Crippen LogP) is 3.96. The van der Waals surface area contributed by atoms with Crippen LogP contribution in [0.2, 0.25) is 0 Å². The van der Waals surface area contributed by atoms with Gasteiger partial charge in [-0.3, -0.25) is 0 Å². The molecule has 0 N–H and O–H groups in total. The number of unbranched alkanes of at least 4 members (excludes halogenated alkanes) is 6. The topological polar surface area (TPSA) is 17.1 Å². The van der Waals surface area contributed by atoms with Crippen molar-refractivity contribution in [2.24, 2.45) is 5.92 Å². The van der Waals surface area contributed by atoms with Crippen LogP contribution >= 0.6 is 0 Å². The quantitative estimate of drug-likeness (QED) is 0.391. The predicted molar refractivity (Wildman–Crippen MR) is 57.8 cm³/mol. The van der Waals surface area contributed by atoms with E-state index in [1.165, 1.54) is 38.5 Å². The molecule has 0 bridgehead atoms. The van der Waals surface area contributed by atoms with Crippen LogP contribution in [0.1, 0.15) is 65.2 Å². The van der Waals surface area contributed by atoms with Crippen LogP contribution in [0.5, 0.6) is 0 Å². The molecule has 0 spiro atoms. The lowest BCUT2D eigenvalue weighted by Gasteiger charge is -2.03. The molecule has 0 aromatic heterocycles. The first kappa shape index (κ1) is 12.7. The zero-order valence-corrected chi connectivity index (χ0v) is 9.22. The number of hydrogen-bond donors (Lipinski definition) is 0. The van der Waals surface area contributed by atoms with E-state index >= 15 is 0 Å². The van der Waals surface area contributed by atoms with Gasteiger partial charge in [-0.15, -0.1) is 0 Å². The highest BCUT2D eigenvalue weighted by Crippen LogP contribution is 2.11. The maximum Gasteiger partial charge on any atom is 0.119 e. The van der Waals surface area contributed by atoms with Crippen molar-refractivity contribution in [2.75, 3.05) is 0 Å². The first-order valence-electron chi connectivity index (χ1n) is 5.71. The first-order valence-corrected chi connectivity index (χ1v) is 5.71. The van der Waals surface area contributed by atoms with Crippen LogP contribution in [0.15, 0.2) is 0 Å². The van der Waals surface area contributed by atoms with E-state index in [0.717, 1.165) is 25.0 Å². The third-order valence-corrected chi connectivity index (χ3v) is 2.35. The molecule has 0 aromatic rings. The minimum absolute atomic E-state index is 0.756. The van der Waals surface area contributed by atoms with Crippen molar-refractivity contribution in [3.63, 3.8) is 0 Å². The van der Waals surface area contributed by atoms with Gasteiger partial charge in [0.05, 0.1) is 0 Å². The molecule has 0 unspecified atom stereocenters. The van der Waals surface area contributed by atoms with E-state index in [-0.39, 0.29) is 0 Å². The van der Waals surface area contributed by atoms with E-state index in [1.54, 1.807) is 0 Å². The average molecular weight is 184 g/mol. The van der Waals surface area contributed by atoms with E-state index in [9.17, 15) is 4.79 Å². The maximum atomic E-state index is 10.0. The third kappa shape index (κ3) is 11.7. The molecular formula is C12H24O. The van der Waals surface area contributed by atoms with E-state index in [1.807, 2.05) is 0 Å². The maximum absolute atomic E-state index is 10.0. The van der Waals surface area contributed by atoms with Gasteiger partial charge in [0.2, 0.25) is 0 Å². The summed E-state index contributed by atoms with van der Waals surface area (Å²) in [4.78, 5) is 10.0. The molecule has 0 heterocycles. The molecule has 0 amide bonds. The van der Waals surface area contributed by atoms with Gasteiger partial charge in [0, 0.05) is 6.42 Å². The van der Waals surface area contributed by atoms with Crippen LogP contribution in [0.4, 0.5) is 0 Å². The Labute approximate surface area is 82.9 Å². The molecule has 0 atom stereocenters. The second kappa shape index (κ2) is 9.76. The Balaban J connectivity index is 2.87. The minimum atomic E-state index is 0.756. The zero-order chi connectivity index (χ0) is 9.94. The van der Waals surface area contributed by atoms with E-state index in [2.05, 4.69) is 13.8 Å². The Kier molecular flexibility index (Phi) is 9.51. The van der Waals surface area contributed by atoms with Gasteiger partial charge < -0.3 is 4.79 Å². The molecule has 1 heteroatoms. The SMILES string of the molecule is CC(C)CCCCCCCCC=O. The molecule has 0 saturated carbocycles. The summed E-state index contributed by atoms with van der Waals surface area (Å²) in [5.41, 5.74) is 0. The molecule has 13 heavy (non-hydrogen) atoms. The smallest absolute Gasteiger partial charge is 0.119 e. The highest BCUT2D eigenvalue weighted by Gasteiger charge is 1.94. The molecule has 0 saturated heterocycles. The fourth-order valence-corrected chi connectivity index (χ4v) is 1.49. The molecule has 0 radical (unpaired) electrons. The number of carbonyl (C=O) groups excluding carboxylic acids is 1. The minimum Gasteiger partial charge on any atom is -0.303 e. The van der Waals surface area contributed by atoms with Crippen LogP contribution in [-0.2, 0) is 4.79 Å². The van der Waals surface area contributed by atoms with Gasteiger partial charge in [-0.2, -0.15) is 0 Å². The van der Waals surface area contributed by atoms with Crippen LogP contribution in [0, 0.1) is 5.92 Å². The summed E-state index contributed by atoms with van der Waals surface area (Å²) >= 11 is 0. The fraction of sp³-hybridized carbons (Fsp3) is 0.917. The van der Waals surface area contributed by atoms with E-state index < -0.39 is 0 Å². The molecule has 0 aliphatic heterocycles. The second-order valence-electron chi connectivity index (χ2n) is 4.26. The van der Waals surface area contributed by atoms with Crippen molar-refractivity contribution in [1.29, 1.82) is 0 Å². The molecule has 1 nitrogen and oxygen atoms in total. The van der Waals surface area contributed by atoms with Gasteiger partial charge in [-0.25, -0.2) is 0 Å². The van der Waals surface area contributed by atoms with Crippen LogP contribution in [0.3, 0.4) is 0 Å². The highest BCUT2D eigenvalue weighted by atomic mass is 16.1. The largest absolute Gasteiger partial charge is 0.303 e. The third-order valence-electron chi connectivity index (χ3n) is 2.35. The van der Waals surface area contributed by atoms with Gasteiger partial charge in [0.25, 0.3) is 0 Å². The molecule has 78 valence electrons. The summed E-state index contributed by atoms with van der Waals surface area (Å²) in [6.07, 6.45) is 10.9. The van der Waals surface area contributed by atoms with Crippen molar-refractivity contribution in [1.82, 2.24) is 0 Å². The van der Waals surface area contributed by atoms with Gasteiger partial charge >= 0.3 is 0 Å². The summed E-state index contributed by atoms with van der Waals surface area (Å²) < 4.78 is 0. The summed E-state index contributed by atoms with van der Waals surface area (Å²) in [6.45, 7) is 4.56. The monoisotopic (exact) mass is 184 g/mol. The van der Waals surface area contributed by atoms with Crippen LogP contribution in [0.25, 0.3) is 0 Å². The number of carbonyl (C=O) groups is 1. The molecule has 0 fully saturated rings. The van der Waals surface area contributed by atoms with Crippen LogP contribution < -0.4 is 0 Å². The lowest BCUT2D eigenvalue weighted by molar-refractivity contribution is -0.107. The Hall–Kier alpha value is -0.330. The Morgan fingerprint density at radius 3 is 2.00 bits per heavy atom. The molecule has 0 aliphatic rings. The summed E-state index contributed by atoms with van der Waals surface area (Å²) in [5.74, 6) is 0.857. The fourth-order valence-electron chi connectivity index (χ4n) is 1.49. The van der Waals surface area contributed by atoms with Crippen molar-refractivity contribution in [3.05, 3.63) is 0 Å². The Morgan fingerprint density at radius 2 is 1.46 bits per heavy atom. The summed E-state index contributed by atoms with van der Waals surface area (Å²) in [5, 5.41) is 0. The van der Waals surface area contributed by atoms with E-state index in [0.29, 0.717) is 0 Å². The molecule has 0 rings (SSSR count). The molecular weight excluding hydrogens is 160 g/mol. The number of rotatable bonds is 9. The van der Waals surface area contributed by atoms with Gasteiger partial charge in [0.15, 0.2) is 0 Å². The lowest BCUT2D eigenvalue weighted by Crippen LogP contribution is -1.87. The van der Waals surface area contributed by atoms with Crippen LogP contribution in [-0.4, -0.2) is 6.29 Å². The first-order chi connectivity index (χ1) is 6.27. The highest BCUT2D eigenvalue weighted by molar-refractivity contribution is 5.48. The van der Waals surface area contributed by atoms with Crippen molar-refractivity contribution in [3.8, 4) is 0 Å².